The number of halogens is 3. The Kier molecular flexibility index (Phi) is 4.33. The molecule has 1 nitrogen and oxygen atoms in total. The maximum absolute atomic E-state index is 12.9. The molecule has 0 N–H and O–H groups in total. The number of para-hydroxylation sites is 1. The van der Waals surface area contributed by atoms with Crippen molar-refractivity contribution >= 4 is 11.6 Å². The Morgan fingerprint density at radius 3 is 2.60 bits per heavy atom. The summed E-state index contributed by atoms with van der Waals surface area (Å²) in [4.78, 5) is 0. The van der Waals surface area contributed by atoms with Crippen LogP contribution in [0.3, 0.4) is 0 Å². The van der Waals surface area contributed by atoms with E-state index in [1.807, 2.05) is 6.92 Å². The van der Waals surface area contributed by atoms with Crippen LogP contribution in [0.4, 0.5) is 8.78 Å². The fourth-order valence-electron chi connectivity index (χ4n) is 1.15. The zero-order chi connectivity index (χ0) is 11.3. The van der Waals surface area contributed by atoms with Gasteiger partial charge in [0.05, 0.1) is 12.2 Å². The van der Waals surface area contributed by atoms with Gasteiger partial charge in [0.15, 0.2) is 0 Å². The van der Waals surface area contributed by atoms with E-state index in [2.05, 4.69) is 0 Å². The van der Waals surface area contributed by atoms with E-state index in [4.69, 9.17) is 16.3 Å². The summed E-state index contributed by atoms with van der Waals surface area (Å²) in [5.41, 5.74) is -0.275. The van der Waals surface area contributed by atoms with Gasteiger partial charge in [-0.1, -0.05) is 25.5 Å². The maximum Gasteiger partial charge on any atom is 0.351 e. The van der Waals surface area contributed by atoms with Crippen LogP contribution < -0.4 is 4.74 Å². The molecule has 4 heteroatoms. The van der Waals surface area contributed by atoms with Crippen LogP contribution in [-0.4, -0.2) is 6.61 Å². The molecule has 0 aliphatic heterocycles. The van der Waals surface area contributed by atoms with E-state index in [0.717, 1.165) is 12.8 Å². The molecule has 1 aromatic rings. The molecule has 84 valence electrons. The molecule has 0 aliphatic carbocycles. The highest BCUT2D eigenvalue weighted by Crippen LogP contribution is 2.38. The molecule has 0 spiro atoms. The Balaban J connectivity index is 2.78. The van der Waals surface area contributed by atoms with Gasteiger partial charge in [-0.25, -0.2) is 0 Å². The number of hydrogen-bond donors (Lipinski definition) is 0. The van der Waals surface area contributed by atoms with E-state index in [-0.39, 0.29) is 11.3 Å². The second-order valence-corrected chi connectivity index (χ2v) is 3.67. The average molecular weight is 235 g/mol. The Morgan fingerprint density at radius 2 is 2.00 bits per heavy atom. The van der Waals surface area contributed by atoms with Gasteiger partial charge in [0, 0.05) is 0 Å². The highest BCUT2D eigenvalue weighted by Gasteiger charge is 2.31. The summed E-state index contributed by atoms with van der Waals surface area (Å²) >= 11 is 4.96. The van der Waals surface area contributed by atoms with Crippen molar-refractivity contribution in [3.63, 3.8) is 0 Å². The van der Waals surface area contributed by atoms with Crippen LogP contribution in [0.25, 0.3) is 0 Å². The molecule has 0 heterocycles. The first-order valence-electron chi connectivity index (χ1n) is 4.84. The smallest absolute Gasteiger partial charge is 0.351 e. The van der Waals surface area contributed by atoms with Crippen molar-refractivity contribution in [1.29, 1.82) is 0 Å². The molecule has 0 aliphatic rings. The molecule has 1 aromatic carbocycles. The van der Waals surface area contributed by atoms with Crippen LogP contribution >= 0.6 is 11.6 Å². The van der Waals surface area contributed by atoms with Crippen molar-refractivity contribution in [1.82, 2.24) is 0 Å². The van der Waals surface area contributed by atoms with Crippen LogP contribution in [0.1, 0.15) is 25.3 Å². The number of rotatable bonds is 5. The zero-order valence-electron chi connectivity index (χ0n) is 8.47. The number of ether oxygens (including phenoxy) is 1. The van der Waals surface area contributed by atoms with E-state index < -0.39 is 5.38 Å². The summed E-state index contributed by atoms with van der Waals surface area (Å²) in [5.74, 6) is 0.158. The van der Waals surface area contributed by atoms with Crippen LogP contribution in [0.5, 0.6) is 5.75 Å². The van der Waals surface area contributed by atoms with Gasteiger partial charge >= 0.3 is 5.38 Å². The molecule has 0 amide bonds. The highest BCUT2D eigenvalue weighted by atomic mass is 35.5. The number of alkyl halides is 3. The van der Waals surface area contributed by atoms with Crippen LogP contribution in [-0.2, 0) is 5.38 Å². The minimum atomic E-state index is -3.37. The average Bonchev–Trinajstić information content (AvgIpc) is 2.17. The molecule has 0 saturated heterocycles. The minimum Gasteiger partial charge on any atom is -0.493 e. The van der Waals surface area contributed by atoms with Gasteiger partial charge in [0.2, 0.25) is 0 Å². The summed E-state index contributed by atoms with van der Waals surface area (Å²) in [6.07, 6.45) is 1.79. The van der Waals surface area contributed by atoms with Gasteiger partial charge in [-0.05, 0) is 30.2 Å². The molecule has 0 radical (unpaired) electrons. The summed E-state index contributed by atoms with van der Waals surface area (Å²) in [6.45, 7) is 2.44. The fraction of sp³-hybridized carbons (Fsp3) is 0.455. The third-order valence-electron chi connectivity index (χ3n) is 1.95. The van der Waals surface area contributed by atoms with Crippen LogP contribution in [0.15, 0.2) is 24.3 Å². The van der Waals surface area contributed by atoms with Crippen molar-refractivity contribution < 1.29 is 13.5 Å². The van der Waals surface area contributed by atoms with Gasteiger partial charge in [-0.15, -0.1) is 0 Å². The summed E-state index contributed by atoms with van der Waals surface area (Å²) in [5, 5.41) is -3.37. The number of hydrogen-bond acceptors (Lipinski definition) is 1. The third kappa shape index (κ3) is 3.67. The zero-order valence-corrected chi connectivity index (χ0v) is 9.23. The predicted molar refractivity (Wildman–Crippen MR) is 56.6 cm³/mol. The fourth-order valence-corrected chi connectivity index (χ4v) is 1.31. The lowest BCUT2D eigenvalue weighted by atomic mass is 10.2. The first kappa shape index (κ1) is 12.2. The Labute approximate surface area is 93.0 Å². The first-order valence-corrected chi connectivity index (χ1v) is 5.22. The molecule has 1 rings (SSSR count). The summed E-state index contributed by atoms with van der Waals surface area (Å²) < 4.78 is 31.1. The van der Waals surface area contributed by atoms with Crippen molar-refractivity contribution in [3.05, 3.63) is 29.8 Å². The molecule has 0 atom stereocenters. The molecule has 0 aromatic heterocycles. The normalized spacial score (nSPS) is 11.5. The molecule has 0 saturated carbocycles. The lowest BCUT2D eigenvalue weighted by molar-refractivity contribution is 0.0905. The SMILES string of the molecule is CCCCOc1ccccc1C(F)(F)Cl. The van der Waals surface area contributed by atoms with E-state index in [9.17, 15) is 8.78 Å². The third-order valence-corrected chi connectivity index (χ3v) is 2.15. The molecule has 0 unspecified atom stereocenters. The van der Waals surface area contributed by atoms with Crippen molar-refractivity contribution in [3.8, 4) is 5.75 Å². The van der Waals surface area contributed by atoms with Gasteiger partial charge in [0.1, 0.15) is 5.75 Å². The van der Waals surface area contributed by atoms with Gasteiger partial charge in [0.25, 0.3) is 0 Å². The summed E-state index contributed by atoms with van der Waals surface area (Å²) in [7, 11) is 0. The Bertz CT molecular complexity index is 310. The number of benzene rings is 1. The van der Waals surface area contributed by atoms with Crippen molar-refractivity contribution in [2.75, 3.05) is 6.61 Å². The van der Waals surface area contributed by atoms with Crippen molar-refractivity contribution in [2.24, 2.45) is 0 Å². The largest absolute Gasteiger partial charge is 0.493 e. The second kappa shape index (κ2) is 5.31. The molecule has 15 heavy (non-hydrogen) atoms. The van der Waals surface area contributed by atoms with E-state index in [1.54, 1.807) is 6.07 Å². The lowest BCUT2D eigenvalue weighted by Gasteiger charge is -2.14. The molecular formula is C11H13ClF2O. The van der Waals surface area contributed by atoms with Crippen LogP contribution in [0, 0.1) is 0 Å². The summed E-state index contributed by atoms with van der Waals surface area (Å²) in [6, 6.07) is 5.93. The minimum absolute atomic E-state index is 0.158. The standard InChI is InChI=1S/C11H13ClF2O/c1-2-3-8-15-10-7-5-4-6-9(10)11(12,13)14/h4-7H,2-3,8H2,1H3. The lowest BCUT2D eigenvalue weighted by Crippen LogP contribution is -2.07. The van der Waals surface area contributed by atoms with Crippen LogP contribution in [0.2, 0.25) is 0 Å². The predicted octanol–water partition coefficient (Wildman–Crippen LogP) is 4.15. The van der Waals surface area contributed by atoms with Gasteiger partial charge in [-0.2, -0.15) is 8.78 Å². The molecular weight excluding hydrogens is 222 g/mol. The Hall–Kier alpha value is -0.830. The molecule has 0 bridgehead atoms. The second-order valence-electron chi connectivity index (χ2n) is 3.20. The molecule has 0 fully saturated rings. The van der Waals surface area contributed by atoms with Gasteiger partial charge in [-0.3, -0.25) is 0 Å². The number of unbranched alkanes of at least 4 members (excludes halogenated alkanes) is 1. The highest BCUT2D eigenvalue weighted by molar-refractivity contribution is 6.22. The van der Waals surface area contributed by atoms with Crippen molar-refractivity contribution in [2.45, 2.75) is 25.1 Å². The first-order chi connectivity index (χ1) is 7.05. The van der Waals surface area contributed by atoms with E-state index in [1.165, 1.54) is 18.2 Å². The van der Waals surface area contributed by atoms with Gasteiger partial charge < -0.3 is 4.74 Å². The quantitative estimate of drug-likeness (QED) is 0.549. The Morgan fingerprint density at radius 1 is 1.33 bits per heavy atom. The maximum atomic E-state index is 12.9. The van der Waals surface area contributed by atoms with E-state index in [0.29, 0.717) is 6.61 Å². The topological polar surface area (TPSA) is 9.23 Å². The monoisotopic (exact) mass is 234 g/mol. The van der Waals surface area contributed by atoms with E-state index >= 15 is 0 Å².